The first kappa shape index (κ1) is 18.0. The number of carbonyl (C=O) groups is 1. The zero-order valence-electron chi connectivity index (χ0n) is 13.6. The molecule has 1 amide bonds. The van der Waals surface area contributed by atoms with E-state index >= 15 is 0 Å². The van der Waals surface area contributed by atoms with Gasteiger partial charge in [0.25, 0.3) is 0 Å². The second-order valence-electron chi connectivity index (χ2n) is 5.74. The van der Waals surface area contributed by atoms with Gasteiger partial charge in [0, 0.05) is 12.1 Å². The first-order valence-corrected chi connectivity index (χ1v) is 8.33. The summed E-state index contributed by atoms with van der Waals surface area (Å²) in [6, 6.07) is 0. The van der Waals surface area contributed by atoms with Crippen LogP contribution in [0.5, 0.6) is 0 Å². The molecule has 0 fully saturated rings. The van der Waals surface area contributed by atoms with Crippen LogP contribution in [0.3, 0.4) is 0 Å². The molecule has 0 saturated carbocycles. The molecule has 120 valence electrons. The Morgan fingerprint density at radius 2 is 2.10 bits per heavy atom. The third kappa shape index (κ3) is 5.00. The zero-order valence-corrected chi connectivity index (χ0v) is 14.5. The van der Waals surface area contributed by atoms with E-state index in [2.05, 4.69) is 29.4 Å². The number of nitrogens with two attached hydrogens (primary N) is 1. The summed E-state index contributed by atoms with van der Waals surface area (Å²) in [5, 5.41) is 11.8. The molecule has 0 aliphatic carbocycles. The molecule has 0 aromatic carbocycles. The van der Waals surface area contributed by atoms with Crippen LogP contribution < -0.4 is 11.1 Å². The highest BCUT2D eigenvalue weighted by Gasteiger charge is 2.24. The third-order valence-electron chi connectivity index (χ3n) is 3.42. The molecule has 6 nitrogen and oxygen atoms in total. The first-order valence-electron chi connectivity index (χ1n) is 7.45. The lowest BCUT2D eigenvalue weighted by atomic mass is 10.0. The maximum atomic E-state index is 12.3. The Balaban J connectivity index is 2.76. The monoisotopic (exact) mass is 313 g/mol. The van der Waals surface area contributed by atoms with E-state index < -0.39 is 0 Å². The molecule has 1 atom stereocenters. The molecule has 0 bridgehead atoms. The van der Waals surface area contributed by atoms with Gasteiger partial charge in [0.1, 0.15) is 5.82 Å². The fourth-order valence-electron chi connectivity index (χ4n) is 1.74. The molecule has 7 heteroatoms. The van der Waals surface area contributed by atoms with Crippen molar-refractivity contribution in [2.24, 2.45) is 5.73 Å². The maximum absolute atomic E-state index is 12.3. The Kier molecular flexibility index (Phi) is 6.67. The summed E-state index contributed by atoms with van der Waals surface area (Å²) in [7, 11) is 0. The van der Waals surface area contributed by atoms with E-state index in [-0.39, 0.29) is 16.7 Å². The van der Waals surface area contributed by atoms with E-state index in [0.717, 1.165) is 30.4 Å². The lowest BCUT2D eigenvalue weighted by Crippen LogP contribution is -2.46. The topological polar surface area (TPSA) is 85.8 Å². The van der Waals surface area contributed by atoms with Gasteiger partial charge in [-0.25, -0.2) is 0 Å². The standard InChI is InChI=1S/C14H27N5OS/c1-6-8-19-11(9-15)17-18-13(19)21-10(3)12(20)16-14(4,5)7-2/h10H,6-9,15H2,1-5H3,(H,16,20). The van der Waals surface area contributed by atoms with Gasteiger partial charge in [-0.1, -0.05) is 25.6 Å². The molecular weight excluding hydrogens is 286 g/mol. The molecule has 1 aromatic rings. The molecule has 0 aliphatic rings. The number of rotatable bonds is 8. The van der Waals surface area contributed by atoms with E-state index in [4.69, 9.17) is 5.73 Å². The van der Waals surface area contributed by atoms with Crippen molar-refractivity contribution in [2.75, 3.05) is 0 Å². The second kappa shape index (κ2) is 7.79. The van der Waals surface area contributed by atoms with Crippen LogP contribution in [-0.2, 0) is 17.9 Å². The minimum Gasteiger partial charge on any atom is -0.350 e. The van der Waals surface area contributed by atoms with Crippen molar-refractivity contribution in [3.8, 4) is 0 Å². The largest absolute Gasteiger partial charge is 0.350 e. The summed E-state index contributed by atoms with van der Waals surface area (Å²) in [5.41, 5.74) is 5.49. The summed E-state index contributed by atoms with van der Waals surface area (Å²) in [6.45, 7) is 11.3. The van der Waals surface area contributed by atoms with Gasteiger partial charge in [-0.05, 0) is 33.6 Å². The number of thioether (sulfide) groups is 1. The zero-order chi connectivity index (χ0) is 16.0. The number of amides is 1. The van der Waals surface area contributed by atoms with Crippen molar-refractivity contribution in [2.45, 2.75) is 76.5 Å². The van der Waals surface area contributed by atoms with E-state index in [1.165, 1.54) is 11.8 Å². The van der Waals surface area contributed by atoms with Gasteiger partial charge in [0.15, 0.2) is 5.16 Å². The maximum Gasteiger partial charge on any atom is 0.233 e. The van der Waals surface area contributed by atoms with Crippen LogP contribution in [0.4, 0.5) is 0 Å². The molecule has 1 heterocycles. The van der Waals surface area contributed by atoms with Crippen LogP contribution in [0.15, 0.2) is 5.16 Å². The Bertz CT molecular complexity index is 472. The van der Waals surface area contributed by atoms with Gasteiger partial charge in [-0.3, -0.25) is 4.79 Å². The number of aromatic nitrogens is 3. The van der Waals surface area contributed by atoms with E-state index in [1.807, 2.05) is 25.3 Å². The number of nitrogens with one attached hydrogen (secondary N) is 1. The Hall–Kier alpha value is -1.08. The van der Waals surface area contributed by atoms with Crippen LogP contribution in [0.1, 0.15) is 53.3 Å². The van der Waals surface area contributed by atoms with Crippen molar-refractivity contribution >= 4 is 17.7 Å². The predicted molar refractivity (Wildman–Crippen MR) is 86.0 cm³/mol. The normalized spacial score (nSPS) is 13.2. The smallest absolute Gasteiger partial charge is 0.233 e. The number of nitrogens with zero attached hydrogens (tertiary/aromatic N) is 3. The van der Waals surface area contributed by atoms with Crippen molar-refractivity contribution in [1.29, 1.82) is 0 Å². The van der Waals surface area contributed by atoms with Crippen molar-refractivity contribution in [3.05, 3.63) is 5.82 Å². The van der Waals surface area contributed by atoms with Gasteiger partial charge < -0.3 is 15.6 Å². The SMILES string of the molecule is CCCn1c(CN)nnc1SC(C)C(=O)NC(C)(C)CC. The predicted octanol–water partition coefficient (Wildman–Crippen LogP) is 1.93. The summed E-state index contributed by atoms with van der Waals surface area (Å²) in [6.07, 6.45) is 1.86. The minimum atomic E-state index is -0.221. The highest BCUT2D eigenvalue weighted by Crippen LogP contribution is 2.23. The summed E-state index contributed by atoms with van der Waals surface area (Å²) in [5.74, 6) is 0.785. The number of hydrogen-bond acceptors (Lipinski definition) is 5. The molecule has 3 N–H and O–H groups in total. The third-order valence-corrected chi connectivity index (χ3v) is 4.50. The fourth-order valence-corrected chi connectivity index (χ4v) is 2.63. The van der Waals surface area contributed by atoms with E-state index in [9.17, 15) is 4.79 Å². The Labute approximate surface area is 131 Å². The summed E-state index contributed by atoms with van der Waals surface area (Å²) >= 11 is 1.43. The van der Waals surface area contributed by atoms with E-state index in [0.29, 0.717) is 6.54 Å². The van der Waals surface area contributed by atoms with Crippen molar-refractivity contribution < 1.29 is 4.79 Å². The number of hydrogen-bond donors (Lipinski definition) is 2. The van der Waals surface area contributed by atoms with E-state index in [1.54, 1.807) is 0 Å². The van der Waals surface area contributed by atoms with Gasteiger partial charge in [0.2, 0.25) is 5.91 Å². The van der Waals surface area contributed by atoms with Gasteiger partial charge in [0.05, 0.1) is 11.8 Å². The highest BCUT2D eigenvalue weighted by atomic mass is 32.2. The fraction of sp³-hybridized carbons (Fsp3) is 0.786. The van der Waals surface area contributed by atoms with Crippen LogP contribution >= 0.6 is 11.8 Å². The Morgan fingerprint density at radius 3 is 2.62 bits per heavy atom. The molecular formula is C14H27N5OS. The van der Waals surface area contributed by atoms with Gasteiger partial charge >= 0.3 is 0 Å². The lowest BCUT2D eigenvalue weighted by Gasteiger charge is -2.26. The second-order valence-corrected chi connectivity index (χ2v) is 7.05. The van der Waals surface area contributed by atoms with Crippen LogP contribution in [0.2, 0.25) is 0 Å². The lowest BCUT2D eigenvalue weighted by molar-refractivity contribution is -0.121. The molecule has 1 rings (SSSR count). The molecule has 1 unspecified atom stereocenters. The molecule has 1 aromatic heterocycles. The molecule has 0 radical (unpaired) electrons. The molecule has 0 saturated heterocycles. The van der Waals surface area contributed by atoms with Crippen molar-refractivity contribution in [3.63, 3.8) is 0 Å². The number of carbonyl (C=O) groups excluding carboxylic acids is 1. The van der Waals surface area contributed by atoms with Gasteiger partial charge in [-0.2, -0.15) is 0 Å². The van der Waals surface area contributed by atoms with Crippen molar-refractivity contribution in [1.82, 2.24) is 20.1 Å². The summed E-state index contributed by atoms with van der Waals surface area (Å²) in [4.78, 5) is 12.3. The quantitative estimate of drug-likeness (QED) is 0.716. The summed E-state index contributed by atoms with van der Waals surface area (Å²) < 4.78 is 2.00. The average molecular weight is 313 g/mol. The van der Waals surface area contributed by atoms with Crippen LogP contribution in [0.25, 0.3) is 0 Å². The van der Waals surface area contributed by atoms with Crippen LogP contribution in [-0.4, -0.2) is 31.5 Å². The average Bonchev–Trinajstić information content (AvgIpc) is 2.81. The molecule has 0 spiro atoms. The Morgan fingerprint density at radius 1 is 1.43 bits per heavy atom. The minimum absolute atomic E-state index is 0.0206. The highest BCUT2D eigenvalue weighted by molar-refractivity contribution is 8.00. The van der Waals surface area contributed by atoms with Gasteiger partial charge in [-0.15, -0.1) is 10.2 Å². The van der Waals surface area contributed by atoms with Crippen LogP contribution in [0, 0.1) is 0 Å². The first-order chi connectivity index (χ1) is 9.84. The molecule has 21 heavy (non-hydrogen) atoms. The molecule has 0 aliphatic heterocycles.